The van der Waals surface area contributed by atoms with Crippen molar-refractivity contribution in [2.75, 3.05) is 11.1 Å². The highest BCUT2D eigenvalue weighted by atomic mass is 35.5. The third-order valence-corrected chi connectivity index (χ3v) is 5.89. The fraction of sp³-hybridized carbons (Fsp3) is 0.143. The number of hydrogen-bond acceptors (Lipinski definition) is 5. The zero-order valence-electron chi connectivity index (χ0n) is 16.4. The Morgan fingerprint density at radius 1 is 1.20 bits per heavy atom. The number of anilines is 1. The van der Waals surface area contributed by atoms with Crippen molar-refractivity contribution >= 4 is 46.0 Å². The maximum atomic E-state index is 12.5. The number of nitrogens with one attached hydrogen (secondary N) is 3. The maximum Gasteiger partial charge on any atom is 0.234 e. The minimum absolute atomic E-state index is 0.110. The lowest BCUT2D eigenvalue weighted by atomic mass is 10.2. The highest BCUT2D eigenvalue weighted by molar-refractivity contribution is 7.99. The van der Waals surface area contributed by atoms with Crippen LogP contribution < -0.4 is 10.8 Å². The Labute approximate surface area is 182 Å². The molecule has 0 bridgehead atoms. The molecule has 30 heavy (non-hydrogen) atoms. The van der Waals surface area contributed by atoms with E-state index in [0.29, 0.717) is 26.9 Å². The molecule has 0 saturated heterocycles. The molecule has 0 aliphatic heterocycles. The molecule has 9 heteroatoms. The van der Waals surface area contributed by atoms with Crippen molar-refractivity contribution < 1.29 is 4.79 Å². The van der Waals surface area contributed by atoms with E-state index in [9.17, 15) is 4.79 Å². The van der Waals surface area contributed by atoms with Gasteiger partial charge < -0.3 is 5.32 Å². The molecule has 0 fully saturated rings. The van der Waals surface area contributed by atoms with Gasteiger partial charge in [0.05, 0.1) is 27.5 Å². The summed E-state index contributed by atoms with van der Waals surface area (Å²) < 4.78 is 1.76. The van der Waals surface area contributed by atoms with Gasteiger partial charge in [-0.15, -0.1) is 0 Å². The number of nitrogens with zero attached hydrogens (tertiary/aromatic N) is 3. The molecule has 0 unspecified atom stereocenters. The van der Waals surface area contributed by atoms with Crippen LogP contribution in [0.15, 0.2) is 53.7 Å². The van der Waals surface area contributed by atoms with E-state index in [1.807, 2.05) is 44.2 Å². The van der Waals surface area contributed by atoms with Gasteiger partial charge in [0.25, 0.3) is 0 Å². The standard InChI is InChI=1S/C21H19ClN6OS/c1-12-7-3-6-10-16(12)28-19(23)18-13(2)26-27-20(18)25-21(28)30-11-17(29)24-15-9-5-4-8-14(15)22/h3-10,23H,11H2,1-2H3,(H,24,29)(H,26,27). The van der Waals surface area contributed by atoms with Crippen LogP contribution in [0, 0.1) is 19.3 Å². The third kappa shape index (κ3) is 3.83. The van der Waals surface area contributed by atoms with Crippen molar-refractivity contribution in [3.8, 4) is 5.69 Å². The number of thioether (sulfide) groups is 1. The quantitative estimate of drug-likeness (QED) is 0.320. The maximum absolute atomic E-state index is 12.5. The highest BCUT2D eigenvalue weighted by Crippen LogP contribution is 2.24. The summed E-state index contributed by atoms with van der Waals surface area (Å²) in [5.74, 6) is -0.102. The molecule has 0 spiro atoms. The first-order chi connectivity index (χ1) is 14.5. The Hall–Kier alpha value is -3.10. The van der Waals surface area contributed by atoms with Crippen LogP contribution in [0.4, 0.5) is 5.69 Å². The van der Waals surface area contributed by atoms with E-state index in [-0.39, 0.29) is 17.1 Å². The average Bonchev–Trinajstić information content (AvgIpc) is 3.10. The largest absolute Gasteiger partial charge is 0.324 e. The van der Waals surface area contributed by atoms with Gasteiger partial charge in [0.2, 0.25) is 5.91 Å². The molecular weight excluding hydrogens is 420 g/mol. The number of rotatable bonds is 5. The fourth-order valence-corrected chi connectivity index (χ4v) is 4.13. The number of para-hydroxylation sites is 2. The topological polar surface area (TPSA) is 99.4 Å². The molecule has 0 aliphatic carbocycles. The van der Waals surface area contributed by atoms with Crippen molar-refractivity contribution in [1.29, 1.82) is 5.41 Å². The number of hydrogen-bond donors (Lipinski definition) is 3. The van der Waals surface area contributed by atoms with Gasteiger partial charge in [-0.05, 0) is 37.6 Å². The van der Waals surface area contributed by atoms with Gasteiger partial charge in [0.1, 0.15) is 5.49 Å². The third-order valence-electron chi connectivity index (χ3n) is 4.62. The number of halogens is 1. The number of benzene rings is 2. The zero-order valence-corrected chi connectivity index (χ0v) is 17.9. The first-order valence-corrected chi connectivity index (χ1v) is 10.6. The molecule has 7 nitrogen and oxygen atoms in total. The van der Waals surface area contributed by atoms with E-state index in [2.05, 4.69) is 20.5 Å². The van der Waals surface area contributed by atoms with Crippen LogP contribution >= 0.6 is 23.4 Å². The van der Waals surface area contributed by atoms with Crippen molar-refractivity contribution in [3.05, 3.63) is 70.3 Å². The van der Waals surface area contributed by atoms with Gasteiger partial charge >= 0.3 is 0 Å². The second-order valence-electron chi connectivity index (χ2n) is 6.73. The number of aryl methyl sites for hydroxylation is 2. The number of carbonyl (C=O) groups excluding carboxylic acids is 1. The van der Waals surface area contributed by atoms with E-state index in [4.69, 9.17) is 17.0 Å². The molecule has 1 amide bonds. The van der Waals surface area contributed by atoms with Gasteiger partial charge in [-0.3, -0.25) is 19.9 Å². The molecule has 3 N–H and O–H groups in total. The van der Waals surface area contributed by atoms with Crippen LogP contribution in [0.5, 0.6) is 0 Å². The number of carbonyl (C=O) groups is 1. The van der Waals surface area contributed by atoms with E-state index in [0.717, 1.165) is 16.9 Å². The Balaban J connectivity index is 1.70. The van der Waals surface area contributed by atoms with E-state index in [1.54, 1.807) is 22.8 Å². The molecule has 0 saturated carbocycles. The number of aromatic amines is 1. The molecule has 2 aromatic heterocycles. The lowest BCUT2D eigenvalue weighted by Gasteiger charge is -2.15. The van der Waals surface area contributed by atoms with Crippen molar-refractivity contribution in [3.63, 3.8) is 0 Å². The van der Waals surface area contributed by atoms with E-state index >= 15 is 0 Å². The van der Waals surface area contributed by atoms with Crippen LogP contribution in [-0.2, 0) is 4.79 Å². The van der Waals surface area contributed by atoms with Gasteiger partial charge in [-0.25, -0.2) is 4.98 Å². The molecular formula is C21H19ClN6OS. The fourth-order valence-electron chi connectivity index (χ4n) is 3.14. The molecule has 0 atom stereocenters. The molecule has 0 aliphatic rings. The van der Waals surface area contributed by atoms with Crippen LogP contribution in [-0.4, -0.2) is 31.4 Å². The number of fused-ring (bicyclic) bond motifs is 1. The molecule has 2 aromatic carbocycles. The Kier molecular flexibility index (Phi) is 5.61. The summed E-state index contributed by atoms with van der Waals surface area (Å²) in [5, 5.41) is 20.4. The molecule has 0 radical (unpaired) electrons. The summed E-state index contributed by atoms with van der Waals surface area (Å²) in [6.45, 7) is 3.84. The number of amides is 1. The first kappa shape index (κ1) is 20.2. The molecule has 4 aromatic rings. The second kappa shape index (κ2) is 8.33. The van der Waals surface area contributed by atoms with Gasteiger partial charge in [0, 0.05) is 5.69 Å². The van der Waals surface area contributed by atoms with Crippen molar-refractivity contribution in [1.82, 2.24) is 19.7 Å². The summed E-state index contributed by atoms with van der Waals surface area (Å²) in [6, 6.07) is 14.9. The summed E-state index contributed by atoms with van der Waals surface area (Å²) in [7, 11) is 0. The minimum atomic E-state index is -0.212. The monoisotopic (exact) mass is 438 g/mol. The minimum Gasteiger partial charge on any atom is -0.324 e. The van der Waals surface area contributed by atoms with Crippen molar-refractivity contribution in [2.45, 2.75) is 19.0 Å². The Morgan fingerprint density at radius 3 is 2.70 bits per heavy atom. The average molecular weight is 439 g/mol. The Morgan fingerprint density at radius 2 is 1.93 bits per heavy atom. The summed E-state index contributed by atoms with van der Waals surface area (Å²) in [5.41, 5.74) is 3.90. The van der Waals surface area contributed by atoms with Gasteiger partial charge in [-0.1, -0.05) is 53.7 Å². The zero-order chi connectivity index (χ0) is 21.3. The lowest BCUT2D eigenvalue weighted by molar-refractivity contribution is -0.113. The summed E-state index contributed by atoms with van der Waals surface area (Å²) >= 11 is 7.37. The van der Waals surface area contributed by atoms with E-state index < -0.39 is 0 Å². The van der Waals surface area contributed by atoms with Gasteiger partial charge in [-0.2, -0.15) is 5.10 Å². The number of H-pyrrole nitrogens is 1. The molecule has 2 heterocycles. The van der Waals surface area contributed by atoms with Crippen LogP contribution in [0.2, 0.25) is 5.02 Å². The van der Waals surface area contributed by atoms with Crippen LogP contribution in [0.25, 0.3) is 16.7 Å². The lowest BCUT2D eigenvalue weighted by Crippen LogP contribution is -2.24. The first-order valence-electron chi connectivity index (χ1n) is 9.21. The SMILES string of the molecule is Cc1ccccc1-n1c(SCC(=O)Nc2ccccc2Cl)nc2n[nH]c(C)c2c1=N. The predicted octanol–water partition coefficient (Wildman–Crippen LogP) is 4.23. The van der Waals surface area contributed by atoms with Crippen LogP contribution in [0.3, 0.4) is 0 Å². The Bertz CT molecular complexity index is 1310. The van der Waals surface area contributed by atoms with Gasteiger partial charge in [0.15, 0.2) is 10.8 Å². The van der Waals surface area contributed by atoms with Crippen molar-refractivity contribution in [2.24, 2.45) is 0 Å². The van der Waals surface area contributed by atoms with Crippen LogP contribution in [0.1, 0.15) is 11.3 Å². The smallest absolute Gasteiger partial charge is 0.234 e. The second-order valence-corrected chi connectivity index (χ2v) is 8.08. The molecule has 152 valence electrons. The molecule has 4 rings (SSSR count). The predicted molar refractivity (Wildman–Crippen MR) is 119 cm³/mol. The summed E-state index contributed by atoms with van der Waals surface area (Å²) in [6.07, 6.45) is 0. The number of aromatic nitrogens is 4. The highest BCUT2D eigenvalue weighted by Gasteiger charge is 2.17. The van der Waals surface area contributed by atoms with E-state index in [1.165, 1.54) is 11.8 Å². The summed E-state index contributed by atoms with van der Waals surface area (Å²) in [4.78, 5) is 17.1. The normalized spacial score (nSPS) is 11.0.